The molecule has 0 aromatic carbocycles. The van der Waals surface area contributed by atoms with Crippen molar-refractivity contribution >= 4 is 11.8 Å². The van der Waals surface area contributed by atoms with E-state index in [2.05, 4.69) is 22.9 Å². The largest absolute Gasteiger partial charge is 0.330 e. The van der Waals surface area contributed by atoms with E-state index in [4.69, 9.17) is 5.73 Å². The van der Waals surface area contributed by atoms with Crippen molar-refractivity contribution in [1.82, 2.24) is 4.90 Å². The summed E-state index contributed by atoms with van der Waals surface area (Å²) in [4.78, 5) is 2.69. The van der Waals surface area contributed by atoms with Gasteiger partial charge in [-0.2, -0.15) is 11.8 Å². The van der Waals surface area contributed by atoms with Gasteiger partial charge in [0.2, 0.25) is 0 Å². The number of nitrogens with two attached hydrogens (primary N) is 1. The summed E-state index contributed by atoms with van der Waals surface area (Å²) in [5, 5.41) is 0.928. The van der Waals surface area contributed by atoms with Crippen LogP contribution < -0.4 is 5.73 Å². The van der Waals surface area contributed by atoms with E-state index in [-0.39, 0.29) is 0 Å². The van der Waals surface area contributed by atoms with Crippen LogP contribution in [0.5, 0.6) is 0 Å². The van der Waals surface area contributed by atoms with Gasteiger partial charge in [-0.05, 0) is 50.9 Å². The highest BCUT2D eigenvalue weighted by Gasteiger charge is 2.32. The lowest BCUT2D eigenvalue weighted by Gasteiger charge is -2.23. The molecule has 3 heteroatoms. The first-order valence-electron chi connectivity index (χ1n) is 5.80. The lowest BCUT2D eigenvalue weighted by molar-refractivity contribution is 0.238. The number of nitrogens with zero attached hydrogens (tertiary/aromatic N) is 1. The Morgan fingerprint density at radius 3 is 2.79 bits per heavy atom. The number of hydrogen-bond donors (Lipinski definition) is 1. The fourth-order valence-corrected chi connectivity index (χ4v) is 3.64. The summed E-state index contributed by atoms with van der Waals surface area (Å²) >= 11 is 2.05. The van der Waals surface area contributed by atoms with Crippen LogP contribution in [0.2, 0.25) is 0 Å². The number of likely N-dealkylation sites (tertiary alicyclic amines) is 1. The standard InChI is InChI=1S/C11H22N2S/c1-14-11-3-2-10(6-11)13-5-4-9(7-12)8-13/h9-11H,2-8,12H2,1H3. The highest BCUT2D eigenvalue weighted by atomic mass is 32.2. The van der Waals surface area contributed by atoms with Crippen molar-refractivity contribution in [1.29, 1.82) is 0 Å². The Morgan fingerprint density at radius 1 is 1.36 bits per heavy atom. The van der Waals surface area contributed by atoms with Crippen LogP contribution >= 0.6 is 11.8 Å². The van der Waals surface area contributed by atoms with Crippen molar-refractivity contribution in [3.8, 4) is 0 Å². The van der Waals surface area contributed by atoms with Gasteiger partial charge in [-0.15, -0.1) is 0 Å². The van der Waals surface area contributed by atoms with Gasteiger partial charge in [0, 0.05) is 17.8 Å². The highest BCUT2D eigenvalue weighted by Crippen LogP contribution is 2.33. The van der Waals surface area contributed by atoms with Gasteiger partial charge in [0.05, 0.1) is 0 Å². The summed E-state index contributed by atoms with van der Waals surface area (Å²) in [6.45, 7) is 3.45. The minimum atomic E-state index is 0.781. The Bertz CT molecular complexity index is 166. The van der Waals surface area contributed by atoms with Crippen LogP contribution in [0, 0.1) is 5.92 Å². The van der Waals surface area contributed by atoms with Gasteiger partial charge in [-0.3, -0.25) is 0 Å². The van der Waals surface area contributed by atoms with E-state index in [1.54, 1.807) is 0 Å². The third-order valence-corrected chi connectivity index (χ3v) is 4.95. The molecule has 1 aliphatic carbocycles. The van der Waals surface area contributed by atoms with Crippen molar-refractivity contribution in [3.63, 3.8) is 0 Å². The summed E-state index contributed by atoms with van der Waals surface area (Å²) in [6, 6.07) is 0.879. The maximum atomic E-state index is 5.72. The van der Waals surface area contributed by atoms with E-state index in [0.29, 0.717) is 0 Å². The molecule has 82 valence electrons. The SMILES string of the molecule is CSC1CCC(N2CCC(CN)C2)C1. The van der Waals surface area contributed by atoms with Crippen molar-refractivity contribution < 1.29 is 0 Å². The second kappa shape index (κ2) is 4.86. The molecule has 2 fully saturated rings. The van der Waals surface area contributed by atoms with E-state index in [9.17, 15) is 0 Å². The van der Waals surface area contributed by atoms with Gasteiger partial charge < -0.3 is 10.6 Å². The normalized spacial score (nSPS) is 39.4. The van der Waals surface area contributed by atoms with Gasteiger partial charge in [-0.1, -0.05) is 0 Å². The third-order valence-electron chi connectivity index (χ3n) is 3.86. The zero-order valence-corrected chi connectivity index (χ0v) is 9.93. The van der Waals surface area contributed by atoms with Crippen LogP contribution in [0.15, 0.2) is 0 Å². The Balaban J connectivity index is 1.80. The topological polar surface area (TPSA) is 29.3 Å². The predicted molar refractivity (Wildman–Crippen MR) is 63.7 cm³/mol. The van der Waals surface area contributed by atoms with E-state index >= 15 is 0 Å². The van der Waals surface area contributed by atoms with E-state index < -0.39 is 0 Å². The van der Waals surface area contributed by atoms with E-state index in [1.807, 2.05) is 0 Å². The maximum absolute atomic E-state index is 5.72. The minimum Gasteiger partial charge on any atom is -0.330 e. The van der Waals surface area contributed by atoms with Gasteiger partial charge in [0.25, 0.3) is 0 Å². The van der Waals surface area contributed by atoms with E-state index in [0.717, 1.165) is 23.8 Å². The van der Waals surface area contributed by atoms with Crippen LogP contribution in [0.4, 0.5) is 0 Å². The Hall–Kier alpha value is 0.270. The molecule has 3 atom stereocenters. The first-order chi connectivity index (χ1) is 6.83. The summed E-state index contributed by atoms with van der Waals surface area (Å²) in [7, 11) is 0. The molecule has 2 aliphatic rings. The van der Waals surface area contributed by atoms with Crippen LogP contribution in [0.1, 0.15) is 25.7 Å². The molecule has 0 amide bonds. The molecule has 1 saturated carbocycles. The fourth-order valence-electron chi connectivity index (χ4n) is 2.85. The molecule has 2 N–H and O–H groups in total. The van der Waals surface area contributed by atoms with Crippen LogP contribution in [-0.4, -0.2) is 42.1 Å². The quantitative estimate of drug-likeness (QED) is 0.773. The molecular weight excluding hydrogens is 192 g/mol. The van der Waals surface area contributed by atoms with Crippen LogP contribution in [0.25, 0.3) is 0 Å². The van der Waals surface area contributed by atoms with Crippen LogP contribution in [0.3, 0.4) is 0 Å². The highest BCUT2D eigenvalue weighted by molar-refractivity contribution is 7.99. The zero-order valence-electron chi connectivity index (χ0n) is 9.11. The first-order valence-corrected chi connectivity index (χ1v) is 7.09. The molecule has 0 aromatic heterocycles. The average molecular weight is 214 g/mol. The molecule has 0 bridgehead atoms. The molecule has 1 aliphatic heterocycles. The lowest BCUT2D eigenvalue weighted by Crippen LogP contribution is -2.32. The van der Waals surface area contributed by atoms with Gasteiger partial charge >= 0.3 is 0 Å². The van der Waals surface area contributed by atoms with E-state index in [1.165, 1.54) is 38.8 Å². The molecule has 0 aromatic rings. The number of rotatable bonds is 3. The minimum absolute atomic E-state index is 0.781. The van der Waals surface area contributed by atoms with Gasteiger partial charge in [-0.25, -0.2) is 0 Å². The molecule has 2 rings (SSSR count). The summed E-state index contributed by atoms with van der Waals surface area (Å²) in [5.41, 5.74) is 5.72. The molecule has 14 heavy (non-hydrogen) atoms. The number of hydrogen-bond acceptors (Lipinski definition) is 3. The molecule has 0 spiro atoms. The van der Waals surface area contributed by atoms with Crippen molar-refractivity contribution in [2.75, 3.05) is 25.9 Å². The smallest absolute Gasteiger partial charge is 0.0106 e. The molecule has 0 radical (unpaired) electrons. The molecule has 1 heterocycles. The summed E-state index contributed by atoms with van der Waals surface area (Å²) in [5.74, 6) is 0.781. The maximum Gasteiger partial charge on any atom is 0.0106 e. The van der Waals surface area contributed by atoms with Crippen LogP contribution in [-0.2, 0) is 0 Å². The summed E-state index contributed by atoms with van der Waals surface area (Å²) < 4.78 is 0. The summed E-state index contributed by atoms with van der Waals surface area (Å²) in [6.07, 6.45) is 7.84. The molecule has 3 unspecified atom stereocenters. The second-order valence-corrected chi connectivity index (χ2v) is 5.85. The monoisotopic (exact) mass is 214 g/mol. The molecule has 2 nitrogen and oxygen atoms in total. The van der Waals surface area contributed by atoms with Gasteiger partial charge in [0.1, 0.15) is 0 Å². The molecule has 1 saturated heterocycles. The number of thioether (sulfide) groups is 1. The van der Waals surface area contributed by atoms with Crippen molar-refractivity contribution in [3.05, 3.63) is 0 Å². The van der Waals surface area contributed by atoms with Crippen molar-refractivity contribution in [2.24, 2.45) is 11.7 Å². The predicted octanol–water partition coefficient (Wildman–Crippen LogP) is 1.55. The average Bonchev–Trinajstić information content (AvgIpc) is 2.86. The third kappa shape index (κ3) is 2.26. The van der Waals surface area contributed by atoms with Gasteiger partial charge in [0.15, 0.2) is 0 Å². The zero-order chi connectivity index (χ0) is 9.97. The van der Waals surface area contributed by atoms with Crippen molar-refractivity contribution in [2.45, 2.75) is 37.0 Å². The fraction of sp³-hybridized carbons (Fsp3) is 1.00. The lowest BCUT2D eigenvalue weighted by atomic mass is 10.1. The first kappa shape index (κ1) is 10.8. The molecular formula is C11H22N2S. The Morgan fingerprint density at radius 2 is 2.21 bits per heavy atom. The Labute approximate surface area is 91.6 Å². The second-order valence-electron chi connectivity index (χ2n) is 4.71. The Kier molecular flexibility index (Phi) is 3.74.